The SMILES string of the molecule is N#Cc1ccc(CO[C@]2(c3ccc(Cl)cc3)CCNCC2OCc2ccc(Cl)c(Cl)c2)cc1. The number of hydrogen-bond acceptors (Lipinski definition) is 4. The summed E-state index contributed by atoms with van der Waals surface area (Å²) in [4.78, 5) is 0. The van der Waals surface area contributed by atoms with Gasteiger partial charge in [0.1, 0.15) is 11.7 Å². The topological polar surface area (TPSA) is 54.3 Å². The molecule has 1 aliphatic heterocycles. The molecule has 1 fully saturated rings. The zero-order valence-electron chi connectivity index (χ0n) is 17.9. The summed E-state index contributed by atoms with van der Waals surface area (Å²) in [6, 6.07) is 22.8. The number of hydrogen-bond donors (Lipinski definition) is 1. The number of nitrogens with zero attached hydrogens (tertiary/aromatic N) is 1. The predicted octanol–water partition coefficient (Wildman–Crippen LogP) is 6.51. The van der Waals surface area contributed by atoms with E-state index in [1.807, 2.05) is 48.5 Å². The quantitative estimate of drug-likeness (QED) is 0.401. The molecule has 0 bridgehead atoms. The maximum Gasteiger partial charge on any atom is 0.122 e. The molecule has 0 aromatic heterocycles. The van der Waals surface area contributed by atoms with Gasteiger partial charge in [0.2, 0.25) is 0 Å². The van der Waals surface area contributed by atoms with E-state index in [0.717, 1.165) is 29.7 Å². The molecule has 4 rings (SSSR count). The Morgan fingerprint density at radius 1 is 0.909 bits per heavy atom. The summed E-state index contributed by atoms with van der Waals surface area (Å²) in [6.07, 6.45) is 0.483. The zero-order valence-corrected chi connectivity index (χ0v) is 20.1. The van der Waals surface area contributed by atoms with Gasteiger partial charge in [0.25, 0.3) is 0 Å². The Hall–Kier alpha value is -2.10. The maximum absolute atomic E-state index is 9.06. The van der Waals surface area contributed by atoms with E-state index in [2.05, 4.69) is 11.4 Å². The Kier molecular flexibility index (Phi) is 7.93. The molecule has 1 saturated heterocycles. The first-order valence-electron chi connectivity index (χ1n) is 10.7. The highest BCUT2D eigenvalue weighted by Crippen LogP contribution is 2.39. The van der Waals surface area contributed by atoms with Crippen molar-refractivity contribution in [3.05, 3.63) is 104 Å². The van der Waals surface area contributed by atoms with Crippen molar-refractivity contribution in [2.75, 3.05) is 13.1 Å². The molecule has 7 heteroatoms. The molecule has 0 amide bonds. The number of nitrogens with one attached hydrogen (secondary N) is 1. The lowest BCUT2D eigenvalue weighted by Gasteiger charge is -2.44. The average molecular weight is 502 g/mol. The van der Waals surface area contributed by atoms with E-state index in [9.17, 15) is 0 Å². The summed E-state index contributed by atoms with van der Waals surface area (Å²) in [7, 11) is 0. The lowest BCUT2D eigenvalue weighted by molar-refractivity contribution is -0.176. The zero-order chi connectivity index (χ0) is 23.3. The average Bonchev–Trinajstić information content (AvgIpc) is 2.85. The Morgan fingerprint density at radius 3 is 2.33 bits per heavy atom. The van der Waals surface area contributed by atoms with Crippen LogP contribution >= 0.6 is 34.8 Å². The van der Waals surface area contributed by atoms with Crippen molar-refractivity contribution in [3.8, 4) is 6.07 Å². The number of ether oxygens (including phenoxy) is 2. The normalized spacial score (nSPS) is 20.4. The maximum atomic E-state index is 9.06. The standard InChI is InChI=1S/C26H23Cl3N2O2/c27-22-8-6-21(7-9-22)26(33-17-19-3-1-18(14-30)2-4-19)11-12-31-15-25(26)32-16-20-5-10-23(28)24(29)13-20/h1-10,13,25,31H,11-12,15-17H2/t25?,26-/m0/s1. The van der Waals surface area contributed by atoms with Gasteiger partial charge >= 0.3 is 0 Å². The molecule has 170 valence electrons. The number of halogens is 3. The minimum atomic E-state index is -0.667. The van der Waals surface area contributed by atoms with Crippen LogP contribution in [0.15, 0.2) is 66.7 Å². The summed E-state index contributed by atoms with van der Waals surface area (Å²) in [5.41, 5.74) is 2.90. The van der Waals surface area contributed by atoms with Gasteiger partial charge in [-0.15, -0.1) is 0 Å². The van der Waals surface area contributed by atoms with Gasteiger partial charge in [-0.05, 0) is 66.1 Å². The molecule has 3 aromatic rings. The van der Waals surface area contributed by atoms with Crippen molar-refractivity contribution < 1.29 is 9.47 Å². The second-order valence-corrected chi connectivity index (χ2v) is 9.25. The Balaban J connectivity index is 1.60. The number of rotatable bonds is 7. The lowest BCUT2D eigenvalue weighted by atomic mass is 9.82. The summed E-state index contributed by atoms with van der Waals surface area (Å²) >= 11 is 18.4. The molecule has 0 aliphatic carbocycles. The Morgan fingerprint density at radius 2 is 1.64 bits per heavy atom. The first-order chi connectivity index (χ1) is 16.0. The monoisotopic (exact) mass is 500 g/mol. The molecule has 0 radical (unpaired) electrons. The van der Waals surface area contributed by atoms with Gasteiger partial charge in [0, 0.05) is 11.6 Å². The highest BCUT2D eigenvalue weighted by molar-refractivity contribution is 6.42. The third-order valence-corrected chi connectivity index (χ3v) is 6.86. The van der Waals surface area contributed by atoms with Crippen molar-refractivity contribution in [2.24, 2.45) is 0 Å². The van der Waals surface area contributed by atoms with Gasteiger partial charge in [-0.25, -0.2) is 0 Å². The largest absolute Gasteiger partial charge is 0.369 e. The van der Waals surface area contributed by atoms with Crippen LogP contribution < -0.4 is 5.32 Å². The van der Waals surface area contributed by atoms with Crippen LogP contribution in [0.2, 0.25) is 15.1 Å². The van der Waals surface area contributed by atoms with Crippen LogP contribution in [0.4, 0.5) is 0 Å². The summed E-state index contributed by atoms with van der Waals surface area (Å²) in [5.74, 6) is 0. The summed E-state index contributed by atoms with van der Waals surface area (Å²) < 4.78 is 13.1. The molecule has 33 heavy (non-hydrogen) atoms. The Bertz CT molecular complexity index is 1130. The molecule has 1 N–H and O–H groups in total. The van der Waals surface area contributed by atoms with E-state index < -0.39 is 5.60 Å². The van der Waals surface area contributed by atoms with E-state index in [0.29, 0.717) is 40.4 Å². The van der Waals surface area contributed by atoms with Crippen molar-refractivity contribution >= 4 is 34.8 Å². The van der Waals surface area contributed by atoms with Crippen LogP contribution in [0.25, 0.3) is 0 Å². The molecule has 1 unspecified atom stereocenters. The lowest BCUT2D eigenvalue weighted by Crippen LogP contribution is -2.54. The second-order valence-electron chi connectivity index (χ2n) is 8.00. The molecule has 1 heterocycles. The van der Waals surface area contributed by atoms with E-state index in [1.54, 1.807) is 18.2 Å². The van der Waals surface area contributed by atoms with Crippen LogP contribution in [0.3, 0.4) is 0 Å². The van der Waals surface area contributed by atoms with Crippen LogP contribution in [-0.4, -0.2) is 19.2 Å². The van der Waals surface area contributed by atoms with Crippen LogP contribution in [-0.2, 0) is 28.3 Å². The highest BCUT2D eigenvalue weighted by atomic mass is 35.5. The fraction of sp³-hybridized carbons (Fsp3) is 0.269. The summed E-state index contributed by atoms with van der Waals surface area (Å²) in [5, 5.41) is 14.2. The van der Waals surface area contributed by atoms with E-state index in [1.165, 1.54) is 0 Å². The van der Waals surface area contributed by atoms with Crippen molar-refractivity contribution in [1.29, 1.82) is 5.26 Å². The molecule has 3 aromatic carbocycles. The number of piperidine rings is 1. The molecule has 1 aliphatic rings. The molecule has 2 atom stereocenters. The van der Waals surface area contributed by atoms with E-state index in [4.69, 9.17) is 49.5 Å². The highest BCUT2D eigenvalue weighted by Gasteiger charge is 2.44. The molecular formula is C26H23Cl3N2O2. The first-order valence-corrected chi connectivity index (χ1v) is 11.8. The number of nitriles is 1. The summed E-state index contributed by atoms with van der Waals surface area (Å²) in [6.45, 7) is 2.19. The fourth-order valence-corrected chi connectivity index (χ4v) is 4.50. The predicted molar refractivity (Wildman–Crippen MR) is 132 cm³/mol. The van der Waals surface area contributed by atoms with Crippen LogP contribution in [0.5, 0.6) is 0 Å². The Labute approximate surface area is 209 Å². The second kappa shape index (κ2) is 10.9. The van der Waals surface area contributed by atoms with E-state index >= 15 is 0 Å². The first kappa shape index (κ1) is 24.0. The molecule has 0 spiro atoms. The van der Waals surface area contributed by atoms with Gasteiger partial charge in [-0.2, -0.15) is 5.26 Å². The number of benzene rings is 3. The van der Waals surface area contributed by atoms with Crippen LogP contribution in [0.1, 0.15) is 28.7 Å². The van der Waals surface area contributed by atoms with E-state index in [-0.39, 0.29) is 6.10 Å². The third-order valence-electron chi connectivity index (χ3n) is 5.87. The third kappa shape index (κ3) is 5.70. The van der Waals surface area contributed by atoms with Crippen molar-refractivity contribution in [1.82, 2.24) is 5.32 Å². The van der Waals surface area contributed by atoms with Crippen LogP contribution in [0, 0.1) is 11.3 Å². The van der Waals surface area contributed by atoms with Crippen molar-refractivity contribution in [2.45, 2.75) is 31.3 Å². The van der Waals surface area contributed by atoms with Gasteiger partial charge in [-0.3, -0.25) is 0 Å². The minimum Gasteiger partial charge on any atom is -0.369 e. The smallest absolute Gasteiger partial charge is 0.122 e. The van der Waals surface area contributed by atoms with Gasteiger partial charge < -0.3 is 14.8 Å². The van der Waals surface area contributed by atoms with Crippen molar-refractivity contribution in [3.63, 3.8) is 0 Å². The molecule has 4 nitrogen and oxygen atoms in total. The molecule has 0 saturated carbocycles. The van der Waals surface area contributed by atoms with Gasteiger partial charge in [0.15, 0.2) is 0 Å². The molecular weight excluding hydrogens is 479 g/mol. The van der Waals surface area contributed by atoms with Gasteiger partial charge in [0.05, 0.1) is 34.9 Å². The minimum absolute atomic E-state index is 0.250. The fourth-order valence-electron chi connectivity index (χ4n) is 4.05. The van der Waals surface area contributed by atoms with Gasteiger partial charge in [-0.1, -0.05) is 65.1 Å².